The van der Waals surface area contributed by atoms with E-state index in [4.69, 9.17) is 4.43 Å². The molecule has 4 nitrogen and oxygen atoms in total. The zero-order valence-electron chi connectivity index (χ0n) is 19.4. The zero-order valence-corrected chi connectivity index (χ0v) is 20.4. The van der Waals surface area contributed by atoms with E-state index < -0.39 is 13.9 Å². The zero-order chi connectivity index (χ0) is 21.8. The number of rotatable bonds is 15. The molecule has 0 aromatic rings. The Morgan fingerprint density at radius 3 is 2.34 bits per heavy atom. The van der Waals surface area contributed by atoms with Crippen LogP contribution in [0.25, 0.3) is 0 Å². The van der Waals surface area contributed by atoms with Crippen LogP contribution in [0.1, 0.15) is 84.0 Å². The first kappa shape index (κ1) is 25.8. The fourth-order valence-corrected chi connectivity index (χ4v) is 5.26. The van der Waals surface area contributed by atoms with Crippen molar-refractivity contribution in [2.24, 2.45) is 0 Å². The second-order valence-electron chi connectivity index (χ2n) is 9.11. The Morgan fingerprint density at radius 1 is 1.03 bits per heavy atom. The molecule has 1 atom stereocenters. The fraction of sp³-hybridized carbons (Fsp3) is 0.750. The van der Waals surface area contributed by atoms with E-state index in [9.17, 15) is 9.59 Å². The van der Waals surface area contributed by atoms with Gasteiger partial charge in [0.25, 0.3) is 0 Å². The minimum Gasteiger partial charge on any atom is -0.469 e. The number of carbonyl (C=O) groups is 2. The summed E-state index contributed by atoms with van der Waals surface area (Å²) in [5.74, 6) is -0.0520. The number of esters is 1. The van der Waals surface area contributed by atoms with Crippen LogP contribution in [0.4, 0.5) is 0 Å². The average molecular weight is 423 g/mol. The number of unbranched alkanes of at least 4 members (excludes halogenated alkanes) is 8. The van der Waals surface area contributed by atoms with E-state index in [2.05, 4.69) is 37.4 Å². The van der Waals surface area contributed by atoms with Gasteiger partial charge in [0.15, 0.2) is 14.1 Å². The normalized spacial score (nSPS) is 20.6. The Hall–Kier alpha value is -1.20. The number of ketones is 1. The SMILES string of the molecule is CCCCCCCC[C@@]1(O[Si](C)(C)C)C=CC(=O)C1=CCCCCCC(=O)OC. The lowest BCUT2D eigenvalue weighted by Gasteiger charge is -2.36. The Morgan fingerprint density at radius 2 is 1.69 bits per heavy atom. The maximum absolute atomic E-state index is 12.6. The molecular formula is C24H42O4Si. The molecule has 0 aromatic heterocycles. The van der Waals surface area contributed by atoms with Crippen LogP contribution in [0.3, 0.4) is 0 Å². The van der Waals surface area contributed by atoms with Crippen LogP contribution in [0.5, 0.6) is 0 Å². The molecular weight excluding hydrogens is 380 g/mol. The minimum absolute atomic E-state index is 0.101. The lowest BCUT2D eigenvalue weighted by molar-refractivity contribution is -0.140. The van der Waals surface area contributed by atoms with Gasteiger partial charge in [0, 0.05) is 12.0 Å². The molecule has 1 aliphatic rings. The second-order valence-corrected chi connectivity index (χ2v) is 13.5. The standard InChI is InChI=1S/C24H42O4Si/c1-6-7-8-9-12-15-19-24(28-29(3,4)5)20-18-22(25)21(24)16-13-10-11-14-17-23(26)27-2/h16,18,20H,6-15,17,19H2,1-5H3/t24-/m1/s1. The summed E-state index contributed by atoms with van der Waals surface area (Å²) in [6.45, 7) is 8.81. The predicted octanol–water partition coefficient (Wildman–Crippen LogP) is 6.52. The molecule has 0 saturated heterocycles. The van der Waals surface area contributed by atoms with Gasteiger partial charge in [-0.1, -0.05) is 51.5 Å². The lowest BCUT2D eigenvalue weighted by Crippen LogP contribution is -2.42. The molecule has 0 amide bonds. The first-order valence-electron chi connectivity index (χ1n) is 11.5. The summed E-state index contributed by atoms with van der Waals surface area (Å²) >= 11 is 0. The van der Waals surface area contributed by atoms with Gasteiger partial charge in [-0.05, 0) is 63.9 Å². The molecule has 0 N–H and O–H groups in total. The molecule has 0 fully saturated rings. The molecule has 0 aliphatic heterocycles. The smallest absolute Gasteiger partial charge is 0.305 e. The summed E-state index contributed by atoms with van der Waals surface area (Å²) in [6.07, 6.45) is 18.2. The Balaban J connectivity index is 2.68. The number of methoxy groups -OCH3 is 1. The van der Waals surface area contributed by atoms with Gasteiger partial charge < -0.3 is 9.16 Å². The van der Waals surface area contributed by atoms with E-state index in [0.717, 1.165) is 44.1 Å². The molecule has 0 spiro atoms. The quantitative estimate of drug-likeness (QED) is 0.130. The van der Waals surface area contributed by atoms with Crippen LogP contribution in [-0.4, -0.2) is 32.8 Å². The molecule has 5 heteroatoms. The first-order valence-corrected chi connectivity index (χ1v) is 14.9. The van der Waals surface area contributed by atoms with E-state index in [1.807, 2.05) is 6.08 Å². The molecule has 0 unspecified atom stereocenters. The summed E-state index contributed by atoms with van der Waals surface area (Å²) in [4.78, 5) is 23.8. The van der Waals surface area contributed by atoms with E-state index in [1.54, 1.807) is 6.08 Å². The summed E-state index contributed by atoms with van der Waals surface area (Å²) < 4.78 is 11.3. The molecule has 1 rings (SSSR count). The summed E-state index contributed by atoms with van der Waals surface area (Å²) in [5.41, 5.74) is 0.305. The van der Waals surface area contributed by atoms with E-state index >= 15 is 0 Å². The largest absolute Gasteiger partial charge is 0.469 e. The van der Waals surface area contributed by atoms with Crippen LogP contribution in [0, 0.1) is 0 Å². The van der Waals surface area contributed by atoms with Crippen LogP contribution in [0.2, 0.25) is 19.6 Å². The van der Waals surface area contributed by atoms with E-state index in [1.165, 1.54) is 39.2 Å². The summed E-state index contributed by atoms with van der Waals surface area (Å²) in [7, 11) is -0.396. The number of hydrogen-bond donors (Lipinski definition) is 0. The summed E-state index contributed by atoms with van der Waals surface area (Å²) in [6, 6.07) is 0. The average Bonchev–Trinajstić information content (AvgIpc) is 2.95. The Labute approximate surface area is 179 Å². The minimum atomic E-state index is -1.82. The van der Waals surface area contributed by atoms with Crippen molar-refractivity contribution in [3.63, 3.8) is 0 Å². The molecule has 0 saturated carbocycles. The van der Waals surface area contributed by atoms with Gasteiger partial charge in [-0.15, -0.1) is 0 Å². The first-order chi connectivity index (χ1) is 13.7. The van der Waals surface area contributed by atoms with Gasteiger partial charge in [-0.25, -0.2) is 0 Å². The van der Waals surface area contributed by atoms with Crippen LogP contribution in [-0.2, 0) is 18.8 Å². The Kier molecular flexibility index (Phi) is 11.7. The van der Waals surface area contributed by atoms with Crippen molar-refractivity contribution in [3.05, 3.63) is 23.8 Å². The highest BCUT2D eigenvalue weighted by Gasteiger charge is 2.42. The fourth-order valence-electron chi connectivity index (χ4n) is 3.88. The van der Waals surface area contributed by atoms with Crippen molar-refractivity contribution in [2.45, 2.75) is 109 Å². The van der Waals surface area contributed by atoms with Gasteiger partial charge in [0.05, 0.1) is 7.11 Å². The lowest BCUT2D eigenvalue weighted by atomic mass is 9.89. The maximum atomic E-state index is 12.6. The molecule has 166 valence electrons. The summed E-state index contributed by atoms with van der Waals surface area (Å²) in [5, 5.41) is 0. The van der Waals surface area contributed by atoms with Gasteiger partial charge in [0.2, 0.25) is 0 Å². The van der Waals surface area contributed by atoms with Crippen molar-refractivity contribution in [3.8, 4) is 0 Å². The van der Waals surface area contributed by atoms with E-state index in [-0.39, 0.29) is 11.8 Å². The molecule has 1 aliphatic carbocycles. The van der Waals surface area contributed by atoms with Crippen LogP contribution in [0.15, 0.2) is 23.8 Å². The second kappa shape index (κ2) is 13.2. The van der Waals surface area contributed by atoms with Crippen molar-refractivity contribution in [1.82, 2.24) is 0 Å². The molecule has 0 heterocycles. The van der Waals surface area contributed by atoms with E-state index in [0.29, 0.717) is 6.42 Å². The third-order valence-corrected chi connectivity index (χ3v) is 6.25. The van der Waals surface area contributed by atoms with Gasteiger partial charge in [-0.2, -0.15) is 0 Å². The molecule has 0 radical (unpaired) electrons. The molecule has 0 bridgehead atoms. The topological polar surface area (TPSA) is 52.6 Å². The van der Waals surface area contributed by atoms with Crippen molar-refractivity contribution >= 4 is 20.1 Å². The number of ether oxygens (including phenoxy) is 1. The van der Waals surface area contributed by atoms with Gasteiger partial charge in [-0.3, -0.25) is 9.59 Å². The van der Waals surface area contributed by atoms with Gasteiger partial charge >= 0.3 is 5.97 Å². The Bertz CT molecular complexity index is 574. The highest BCUT2D eigenvalue weighted by Crippen LogP contribution is 2.38. The highest BCUT2D eigenvalue weighted by atomic mass is 28.4. The highest BCUT2D eigenvalue weighted by molar-refractivity contribution is 6.70. The van der Waals surface area contributed by atoms with Gasteiger partial charge in [0.1, 0.15) is 5.60 Å². The number of allylic oxidation sites excluding steroid dienone is 2. The molecule has 0 aromatic carbocycles. The van der Waals surface area contributed by atoms with Crippen LogP contribution >= 0.6 is 0 Å². The van der Waals surface area contributed by atoms with Crippen molar-refractivity contribution in [1.29, 1.82) is 0 Å². The number of hydrogen-bond acceptors (Lipinski definition) is 4. The number of carbonyl (C=O) groups excluding carboxylic acids is 2. The third-order valence-electron chi connectivity index (χ3n) is 5.28. The van der Waals surface area contributed by atoms with Crippen LogP contribution < -0.4 is 0 Å². The van der Waals surface area contributed by atoms with Crippen molar-refractivity contribution in [2.75, 3.05) is 7.11 Å². The third kappa shape index (κ3) is 9.90. The molecule has 29 heavy (non-hydrogen) atoms. The van der Waals surface area contributed by atoms with Crippen molar-refractivity contribution < 1.29 is 18.8 Å². The monoisotopic (exact) mass is 422 g/mol. The maximum Gasteiger partial charge on any atom is 0.305 e. The predicted molar refractivity (Wildman–Crippen MR) is 122 cm³/mol.